The van der Waals surface area contributed by atoms with E-state index < -0.39 is 0 Å². The largest absolute Gasteiger partial charge is 0.394 e. The third kappa shape index (κ3) is 5.41. The second-order valence-corrected chi connectivity index (χ2v) is 7.01. The maximum atomic E-state index is 9.68. The highest BCUT2D eigenvalue weighted by Crippen LogP contribution is 2.26. The number of hydrogen-bond acceptors (Lipinski definition) is 3. The zero-order valence-electron chi connectivity index (χ0n) is 13.6. The lowest BCUT2D eigenvalue weighted by Gasteiger charge is -2.36. The Kier molecular flexibility index (Phi) is 6.78. The quantitative estimate of drug-likeness (QED) is 0.712. The monoisotopic (exact) mass is 270 g/mol. The fraction of sp³-hybridized carbons (Fsp3) is 1.00. The molecule has 19 heavy (non-hydrogen) atoms. The van der Waals surface area contributed by atoms with Gasteiger partial charge in [-0.25, -0.2) is 0 Å². The van der Waals surface area contributed by atoms with E-state index >= 15 is 0 Å². The molecule has 0 bridgehead atoms. The Balaban J connectivity index is 2.47. The van der Waals surface area contributed by atoms with Crippen molar-refractivity contribution in [1.82, 2.24) is 10.2 Å². The van der Waals surface area contributed by atoms with Gasteiger partial charge in [-0.3, -0.25) is 0 Å². The van der Waals surface area contributed by atoms with E-state index in [1.807, 2.05) is 0 Å². The molecule has 0 radical (unpaired) electrons. The lowest BCUT2D eigenvalue weighted by molar-refractivity contribution is 0.117. The molecule has 114 valence electrons. The molecule has 0 saturated carbocycles. The van der Waals surface area contributed by atoms with Crippen LogP contribution in [0.3, 0.4) is 0 Å². The number of hydrogen-bond donors (Lipinski definition) is 2. The van der Waals surface area contributed by atoms with E-state index in [2.05, 4.69) is 44.8 Å². The Morgan fingerprint density at radius 2 is 2.05 bits per heavy atom. The summed E-state index contributed by atoms with van der Waals surface area (Å²) in [5.74, 6) is 0.894. The summed E-state index contributed by atoms with van der Waals surface area (Å²) in [5, 5.41) is 13.2. The molecule has 1 aliphatic rings. The molecular formula is C16H34N2O. The first-order valence-electron chi connectivity index (χ1n) is 8.02. The van der Waals surface area contributed by atoms with E-state index in [0.717, 1.165) is 12.3 Å². The van der Waals surface area contributed by atoms with Gasteiger partial charge in [0.15, 0.2) is 0 Å². The van der Waals surface area contributed by atoms with Crippen molar-refractivity contribution in [2.45, 2.75) is 77.9 Å². The number of nitrogens with zero attached hydrogens (tertiary/aromatic N) is 1. The first-order valence-corrected chi connectivity index (χ1v) is 8.02. The van der Waals surface area contributed by atoms with Crippen LogP contribution in [0.25, 0.3) is 0 Å². The predicted octanol–water partition coefficient (Wildman–Crippen LogP) is 2.64. The summed E-state index contributed by atoms with van der Waals surface area (Å²) < 4.78 is 0. The normalized spacial score (nSPS) is 25.7. The molecule has 0 aromatic rings. The number of likely N-dealkylation sites (tertiary alicyclic amines) is 1. The maximum Gasteiger partial charge on any atom is 0.0611 e. The van der Waals surface area contributed by atoms with Crippen LogP contribution in [0.1, 0.15) is 60.3 Å². The van der Waals surface area contributed by atoms with Crippen LogP contribution < -0.4 is 5.32 Å². The van der Waals surface area contributed by atoms with Crippen LogP contribution >= 0.6 is 0 Å². The standard InChI is InChI=1S/C16H34N2O/c1-6-7-15-8-9-18(11-15)14(4)10-16(5,12-19)17-13(2)3/h13-15,17,19H,6-12H2,1-5H3. The first kappa shape index (κ1) is 16.9. The summed E-state index contributed by atoms with van der Waals surface area (Å²) in [7, 11) is 0. The van der Waals surface area contributed by atoms with Gasteiger partial charge >= 0.3 is 0 Å². The molecule has 3 unspecified atom stereocenters. The van der Waals surface area contributed by atoms with Gasteiger partial charge in [-0.15, -0.1) is 0 Å². The first-order chi connectivity index (χ1) is 8.90. The lowest BCUT2D eigenvalue weighted by atomic mass is 9.93. The fourth-order valence-electron chi connectivity index (χ4n) is 3.55. The van der Waals surface area contributed by atoms with E-state index in [4.69, 9.17) is 0 Å². The minimum absolute atomic E-state index is 0.156. The summed E-state index contributed by atoms with van der Waals surface area (Å²) in [6.45, 7) is 13.7. The molecule has 1 heterocycles. The Morgan fingerprint density at radius 3 is 2.58 bits per heavy atom. The van der Waals surface area contributed by atoms with E-state index in [0.29, 0.717) is 12.1 Å². The Bertz CT molecular complexity index is 257. The molecule has 3 atom stereocenters. The molecule has 1 rings (SSSR count). The van der Waals surface area contributed by atoms with Crippen LogP contribution in [-0.2, 0) is 0 Å². The zero-order valence-corrected chi connectivity index (χ0v) is 13.6. The number of aliphatic hydroxyl groups is 1. The topological polar surface area (TPSA) is 35.5 Å². The number of nitrogens with one attached hydrogen (secondary N) is 1. The van der Waals surface area contributed by atoms with Crippen LogP contribution in [-0.4, -0.2) is 47.3 Å². The van der Waals surface area contributed by atoms with Gasteiger partial charge in [0, 0.05) is 24.2 Å². The van der Waals surface area contributed by atoms with Crippen molar-refractivity contribution in [1.29, 1.82) is 0 Å². The number of aliphatic hydroxyl groups excluding tert-OH is 1. The molecule has 1 fully saturated rings. The van der Waals surface area contributed by atoms with E-state index in [1.54, 1.807) is 0 Å². The van der Waals surface area contributed by atoms with Gasteiger partial charge in [0.25, 0.3) is 0 Å². The van der Waals surface area contributed by atoms with Crippen LogP contribution in [0, 0.1) is 5.92 Å². The average molecular weight is 270 g/mol. The van der Waals surface area contributed by atoms with Crippen LogP contribution in [0.4, 0.5) is 0 Å². The molecule has 3 nitrogen and oxygen atoms in total. The third-order valence-corrected chi connectivity index (χ3v) is 4.37. The molecule has 0 aromatic heterocycles. The van der Waals surface area contributed by atoms with E-state index in [-0.39, 0.29) is 12.1 Å². The molecule has 1 aliphatic heterocycles. The summed E-state index contributed by atoms with van der Waals surface area (Å²) in [4.78, 5) is 2.61. The SMILES string of the molecule is CCCC1CCN(C(C)CC(C)(CO)NC(C)C)C1. The second-order valence-electron chi connectivity index (χ2n) is 7.01. The number of rotatable bonds is 8. The van der Waals surface area contributed by atoms with Crippen LogP contribution in [0.5, 0.6) is 0 Å². The lowest BCUT2D eigenvalue weighted by Crippen LogP contribution is -2.52. The molecule has 3 heteroatoms. The Morgan fingerprint density at radius 1 is 1.37 bits per heavy atom. The van der Waals surface area contributed by atoms with E-state index in [1.165, 1.54) is 32.4 Å². The van der Waals surface area contributed by atoms with Crippen molar-refractivity contribution in [2.24, 2.45) is 5.92 Å². The van der Waals surface area contributed by atoms with E-state index in [9.17, 15) is 5.11 Å². The molecule has 0 aromatic carbocycles. The van der Waals surface area contributed by atoms with Gasteiger partial charge in [0.05, 0.1) is 6.61 Å². The molecule has 1 saturated heterocycles. The van der Waals surface area contributed by atoms with Gasteiger partial charge in [-0.05, 0) is 45.6 Å². The van der Waals surface area contributed by atoms with Gasteiger partial charge in [-0.2, -0.15) is 0 Å². The zero-order chi connectivity index (χ0) is 14.5. The smallest absolute Gasteiger partial charge is 0.0611 e. The molecular weight excluding hydrogens is 236 g/mol. The summed E-state index contributed by atoms with van der Waals surface area (Å²) >= 11 is 0. The van der Waals surface area contributed by atoms with Crippen molar-refractivity contribution in [3.05, 3.63) is 0 Å². The third-order valence-electron chi connectivity index (χ3n) is 4.37. The second kappa shape index (κ2) is 7.61. The van der Waals surface area contributed by atoms with Gasteiger partial charge < -0.3 is 15.3 Å². The van der Waals surface area contributed by atoms with Crippen LogP contribution in [0.15, 0.2) is 0 Å². The van der Waals surface area contributed by atoms with Crippen LogP contribution in [0.2, 0.25) is 0 Å². The molecule has 0 aliphatic carbocycles. The Hall–Kier alpha value is -0.120. The van der Waals surface area contributed by atoms with Crippen molar-refractivity contribution < 1.29 is 5.11 Å². The fourth-order valence-corrected chi connectivity index (χ4v) is 3.55. The van der Waals surface area contributed by atoms with Crippen molar-refractivity contribution in [2.75, 3.05) is 19.7 Å². The molecule has 0 amide bonds. The summed E-state index contributed by atoms with van der Waals surface area (Å²) in [6.07, 6.45) is 5.03. The molecule has 2 N–H and O–H groups in total. The van der Waals surface area contributed by atoms with Gasteiger partial charge in [-0.1, -0.05) is 27.2 Å². The van der Waals surface area contributed by atoms with Gasteiger partial charge in [0.1, 0.15) is 0 Å². The average Bonchev–Trinajstić information content (AvgIpc) is 2.77. The highest BCUT2D eigenvalue weighted by atomic mass is 16.3. The Labute approximate surface area is 119 Å². The predicted molar refractivity (Wildman–Crippen MR) is 82.4 cm³/mol. The minimum Gasteiger partial charge on any atom is -0.394 e. The minimum atomic E-state index is -0.156. The highest BCUT2D eigenvalue weighted by molar-refractivity contribution is 4.90. The summed E-state index contributed by atoms with van der Waals surface area (Å²) in [6, 6.07) is 0.959. The maximum absolute atomic E-state index is 9.68. The van der Waals surface area contributed by atoms with Crippen molar-refractivity contribution in [3.8, 4) is 0 Å². The van der Waals surface area contributed by atoms with Crippen molar-refractivity contribution in [3.63, 3.8) is 0 Å². The summed E-state index contributed by atoms with van der Waals surface area (Å²) in [5.41, 5.74) is -0.156. The van der Waals surface area contributed by atoms with Gasteiger partial charge in [0.2, 0.25) is 0 Å². The highest BCUT2D eigenvalue weighted by Gasteiger charge is 2.31. The van der Waals surface area contributed by atoms with Crippen molar-refractivity contribution >= 4 is 0 Å². The molecule has 0 spiro atoms.